The molecular formula is C26H37N7O10. The van der Waals surface area contributed by atoms with Crippen molar-refractivity contribution in [3.8, 4) is 0 Å². The summed E-state index contributed by atoms with van der Waals surface area (Å²) in [5.41, 5.74) is 10.7. The number of nitrogens with two attached hydrogens (primary N) is 2. The van der Waals surface area contributed by atoms with Crippen LogP contribution in [0, 0.1) is 0 Å². The summed E-state index contributed by atoms with van der Waals surface area (Å²) < 4.78 is 0. The second-order valence-corrected chi connectivity index (χ2v) is 9.42. The standard InChI is InChI=1S/C26H37N7O10/c1-14(37)29-18(10-22(28)39)24(41)33-20(13-36)26(43)31-17(9-15-5-3-2-4-6-15)23(40)32-19(12-35)25(42)30-16(11-34)7-8-21(27)38/h2-6,11,16-20,35-36H,7-10,12-13H2,1H3,(H2,27,38)(H2,28,39)(H,29,37)(H,30,42)(H,31,43)(H,32,40)(H,33,41). The molecule has 0 aromatic heterocycles. The van der Waals surface area contributed by atoms with Crippen molar-refractivity contribution in [1.82, 2.24) is 26.6 Å². The van der Waals surface area contributed by atoms with Crippen molar-refractivity contribution in [2.24, 2.45) is 11.5 Å². The molecule has 1 rings (SSSR count). The van der Waals surface area contributed by atoms with Crippen LogP contribution in [-0.4, -0.2) is 101 Å². The number of nitrogens with one attached hydrogen (secondary N) is 5. The van der Waals surface area contributed by atoms with E-state index in [1.807, 2.05) is 0 Å². The topological polar surface area (TPSA) is 289 Å². The predicted molar refractivity (Wildman–Crippen MR) is 148 cm³/mol. The Bertz CT molecular complexity index is 1150. The molecule has 1 aromatic carbocycles. The van der Waals surface area contributed by atoms with Crippen molar-refractivity contribution in [2.45, 2.75) is 62.8 Å². The summed E-state index contributed by atoms with van der Waals surface area (Å²) >= 11 is 0. The third-order valence-corrected chi connectivity index (χ3v) is 5.84. The number of aldehydes is 1. The number of hydrogen-bond donors (Lipinski definition) is 9. The lowest BCUT2D eigenvalue weighted by Gasteiger charge is -2.25. The van der Waals surface area contributed by atoms with Gasteiger partial charge in [-0.2, -0.15) is 0 Å². The van der Waals surface area contributed by atoms with Gasteiger partial charge in [0.05, 0.1) is 25.7 Å². The van der Waals surface area contributed by atoms with Crippen LogP contribution < -0.4 is 38.1 Å². The zero-order valence-corrected chi connectivity index (χ0v) is 23.4. The van der Waals surface area contributed by atoms with Crippen LogP contribution in [0.4, 0.5) is 0 Å². The van der Waals surface area contributed by atoms with Gasteiger partial charge in [-0.25, -0.2) is 0 Å². The molecule has 43 heavy (non-hydrogen) atoms. The van der Waals surface area contributed by atoms with Crippen LogP contribution in [0.5, 0.6) is 0 Å². The number of aliphatic hydroxyl groups excluding tert-OH is 2. The minimum Gasteiger partial charge on any atom is -0.394 e. The first-order valence-corrected chi connectivity index (χ1v) is 13.1. The van der Waals surface area contributed by atoms with Gasteiger partial charge in [-0.1, -0.05) is 30.3 Å². The Balaban J connectivity index is 3.10. The maximum Gasteiger partial charge on any atom is 0.245 e. The molecule has 0 radical (unpaired) electrons. The molecule has 0 aliphatic heterocycles. The van der Waals surface area contributed by atoms with Gasteiger partial charge < -0.3 is 53.1 Å². The van der Waals surface area contributed by atoms with E-state index < -0.39 is 91.2 Å². The van der Waals surface area contributed by atoms with Gasteiger partial charge in [-0.15, -0.1) is 0 Å². The third-order valence-electron chi connectivity index (χ3n) is 5.84. The fourth-order valence-electron chi connectivity index (χ4n) is 3.68. The van der Waals surface area contributed by atoms with Crippen molar-refractivity contribution in [2.75, 3.05) is 13.2 Å². The Kier molecular flexibility index (Phi) is 15.6. The molecular weight excluding hydrogens is 570 g/mol. The van der Waals surface area contributed by atoms with Crippen LogP contribution in [-0.2, 0) is 44.8 Å². The Morgan fingerprint density at radius 1 is 0.721 bits per heavy atom. The molecule has 5 unspecified atom stereocenters. The molecule has 17 heteroatoms. The van der Waals surface area contributed by atoms with Gasteiger partial charge in [0.2, 0.25) is 41.4 Å². The van der Waals surface area contributed by atoms with E-state index in [0.29, 0.717) is 11.8 Å². The van der Waals surface area contributed by atoms with Crippen molar-refractivity contribution in [1.29, 1.82) is 0 Å². The van der Waals surface area contributed by atoms with Crippen LogP contribution in [0.15, 0.2) is 30.3 Å². The van der Waals surface area contributed by atoms with E-state index in [4.69, 9.17) is 11.5 Å². The van der Waals surface area contributed by atoms with Gasteiger partial charge in [0.1, 0.15) is 30.5 Å². The van der Waals surface area contributed by atoms with Crippen molar-refractivity contribution >= 4 is 47.6 Å². The normalized spacial score (nSPS) is 14.0. The molecule has 0 spiro atoms. The van der Waals surface area contributed by atoms with Crippen LogP contribution in [0.2, 0.25) is 0 Å². The summed E-state index contributed by atoms with van der Waals surface area (Å²) in [7, 11) is 0. The third kappa shape index (κ3) is 13.5. The Labute approximate surface area is 246 Å². The first-order valence-electron chi connectivity index (χ1n) is 13.1. The maximum atomic E-state index is 13.2. The SMILES string of the molecule is CC(=O)NC(CC(N)=O)C(=O)NC(CO)C(=O)NC(Cc1ccccc1)C(=O)NC(CO)C(=O)NC(C=O)CCC(N)=O. The lowest BCUT2D eigenvalue weighted by atomic mass is 10.0. The Hall–Kier alpha value is -4.90. The summed E-state index contributed by atoms with van der Waals surface area (Å²) in [6.07, 6.45) is -0.682. The lowest BCUT2D eigenvalue weighted by molar-refractivity contribution is -0.136. The number of amides is 7. The molecule has 236 valence electrons. The molecule has 0 aliphatic carbocycles. The maximum absolute atomic E-state index is 13.2. The quantitative estimate of drug-likeness (QED) is 0.0675. The van der Waals surface area contributed by atoms with Gasteiger partial charge in [0.15, 0.2) is 0 Å². The minimum absolute atomic E-state index is 0.111. The fraction of sp³-hybridized carbons (Fsp3) is 0.462. The number of primary amides is 2. The first-order chi connectivity index (χ1) is 20.3. The van der Waals surface area contributed by atoms with Crippen LogP contribution in [0.1, 0.15) is 31.7 Å². The number of carbonyl (C=O) groups is 8. The summed E-state index contributed by atoms with van der Waals surface area (Å²) in [5, 5.41) is 30.8. The molecule has 0 heterocycles. The van der Waals surface area contributed by atoms with Gasteiger partial charge in [0.25, 0.3) is 0 Å². The molecule has 11 N–H and O–H groups in total. The monoisotopic (exact) mass is 607 g/mol. The largest absolute Gasteiger partial charge is 0.394 e. The average molecular weight is 608 g/mol. The lowest BCUT2D eigenvalue weighted by Crippen LogP contribution is -2.60. The highest BCUT2D eigenvalue weighted by molar-refractivity contribution is 5.97. The van der Waals surface area contributed by atoms with Gasteiger partial charge in [-0.05, 0) is 12.0 Å². The zero-order valence-electron chi connectivity index (χ0n) is 23.4. The summed E-state index contributed by atoms with van der Waals surface area (Å²) in [5.74, 6) is -6.24. The molecule has 0 fully saturated rings. The highest BCUT2D eigenvalue weighted by atomic mass is 16.3. The van der Waals surface area contributed by atoms with Gasteiger partial charge in [-0.3, -0.25) is 33.6 Å². The number of benzene rings is 1. The highest BCUT2D eigenvalue weighted by Crippen LogP contribution is 2.05. The van der Waals surface area contributed by atoms with Gasteiger partial charge >= 0.3 is 0 Å². The van der Waals surface area contributed by atoms with Crippen molar-refractivity contribution in [3.63, 3.8) is 0 Å². The van der Waals surface area contributed by atoms with Crippen LogP contribution in [0.3, 0.4) is 0 Å². The van der Waals surface area contributed by atoms with Crippen LogP contribution >= 0.6 is 0 Å². The number of rotatable bonds is 19. The van der Waals surface area contributed by atoms with Crippen molar-refractivity contribution in [3.05, 3.63) is 35.9 Å². The summed E-state index contributed by atoms with van der Waals surface area (Å²) in [4.78, 5) is 96.5. The zero-order chi connectivity index (χ0) is 32.5. The molecule has 0 aliphatic rings. The number of carbonyl (C=O) groups excluding carboxylic acids is 8. The molecule has 5 atom stereocenters. The summed E-state index contributed by atoms with van der Waals surface area (Å²) in [6, 6.07) is 1.14. The van der Waals surface area contributed by atoms with E-state index in [2.05, 4.69) is 26.6 Å². The Morgan fingerprint density at radius 3 is 1.67 bits per heavy atom. The van der Waals surface area contributed by atoms with E-state index in [9.17, 15) is 48.6 Å². The molecule has 7 amide bonds. The molecule has 1 aromatic rings. The van der Waals surface area contributed by atoms with E-state index in [0.717, 1.165) is 6.92 Å². The molecule has 0 bridgehead atoms. The summed E-state index contributed by atoms with van der Waals surface area (Å²) in [6.45, 7) is -0.754. The average Bonchev–Trinajstić information content (AvgIpc) is 2.95. The first kappa shape index (κ1) is 36.1. The smallest absolute Gasteiger partial charge is 0.245 e. The molecule has 17 nitrogen and oxygen atoms in total. The second kappa shape index (κ2) is 18.5. The minimum atomic E-state index is -1.64. The highest BCUT2D eigenvalue weighted by Gasteiger charge is 2.32. The number of aliphatic hydroxyl groups is 2. The van der Waals surface area contributed by atoms with Crippen LogP contribution in [0.25, 0.3) is 0 Å². The van der Waals surface area contributed by atoms with Crippen molar-refractivity contribution < 1.29 is 48.6 Å². The van der Waals surface area contributed by atoms with E-state index >= 15 is 0 Å². The van der Waals surface area contributed by atoms with E-state index in [-0.39, 0.29) is 19.3 Å². The van der Waals surface area contributed by atoms with Gasteiger partial charge in [0, 0.05) is 19.8 Å². The number of hydrogen-bond acceptors (Lipinski definition) is 10. The van der Waals surface area contributed by atoms with E-state index in [1.165, 1.54) is 0 Å². The molecule has 0 saturated carbocycles. The van der Waals surface area contributed by atoms with E-state index in [1.54, 1.807) is 30.3 Å². The second-order valence-electron chi connectivity index (χ2n) is 9.42. The molecule has 0 saturated heterocycles. The predicted octanol–water partition coefficient (Wildman–Crippen LogP) is -5.00. The fourth-order valence-corrected chi connectivity index (χ4v) is 3.68. The Morgan fingerprint density at radius 2 is 1.21 bits per heavy atom.